The van der Waals surface area contributed by atoms with Gasteiger partial charge in [-0.1, -0.05) is 25.2 Å². The lowest BCUT2D eigenvalue weighted by Gasteiger charge is -2.19. The largest absolute Gasteiger partial charge is 0.345 e. The molecule has 2 rings (SSSR count). The zero-order chi connectivity index (χ0) is 11.7. The number of carbonyl (C=O) groups is 1. The van der Waals surface area contributed by atoms with Crippen molar-refractivity contribution in [1.29, 1.82) is 0 Å². The molecule has 0 radical (unpaired) electrons. The average molecular weight is 238 g/mol. The van der Waals surface area contributed by atoms with Gasteiger partial charge in [0.15, 0.2) is 11.4 Å². The van der Waals surface area contributed by atoms with Gasteiger partial charge in [-0.05, 0) is 25.7 Å². The van der Waals surface area contributed by atoms with Crippen LogP contribution in [0.15, 0.2) is 0 Å². The molecule has 1 unspecified atom stereocenters. The van der Waals surface area contributed by atoms with Gasteiger partial charge < -0.3 is 4.90 Å². The quantitative estimate of drug-likeness (QED) is 0.759. The Balaban J connectivity index is 2.32. The van der Waals surface area contributed by atoms with E-state index in [-0.39, 0.29) is 0 Å². The Morgan fingerprint density at radius 1 is 1.56 bits per heavy atom. The average Bonchev–Trinajstić information content (AvgIpc) is 2.82. The van der Waals surface area contributed by atoms with Gasteiger partial charge >= 0.3 is 0 Å². The van der Waals surface area contributed by atoms with Crippen molar-refractivity contribution in [2.24, 2.45) is 0 Å². The summed E-state index contributed by atoms with van der Waals surface area (Å²) >= 11 is 1.54. The second-order valence-electron chi connectivity index (χ2n) is 4.70. The van der Waals surface area contributed by atoms with Gasteiger partial charge in [-0.25, -0.2) is 4.98 Å². The normalized spacial score (nSPS) is 20.8. The number of thiazole rings is 1. The molecule has 1 aromatic rings. The molecular formula is C12H18N2OS. The molecule has 16 heavy (non-hydrogen) atoms. The van der Waals surface area contributed by atoms with E-state index in [1.54, 1.807) is 0 Å². The molecule has 0 saturated carbocycles. The Morgan fingerprint density at radius 3 is 2.75 bits per heavy atom. The van der Waals surface area contributed by atoms with Crippen LogP contribution in [0.1, 0.15) is 54.9 Å². The highest BCUT2D eigenvalue weighted by Crippen LogP contribution is 2.33. The summed E-state index contributed by atoms with van der Waals surface area (Å²) in [6.45, 7) is 7.47. The number of aldehydes is 1. The van der Waals surface area contributed by atoms with Crippen LogP contribution in [-0.2, 0) is 0 Å². The molecule has 1 fully saturated rings. The number of aromatic nitrogens is 1. The van der Waals surface area contributed by atoms with Crippen molar-refractivity contribution in [3.63, 3.8) is 0 Å². The van der Waals surface area contributed by atoms with Crippen LogP contribution >= 0.6 is 11.3 Å². The lowest BCUT2D eigenvalue weighted by Crippen LogP contribution is -2.26. The van der Waals surface area contributed by atoms with Crippen LogP contribution in [0.3, 0.4) is 0 Å². The monoisotopic (exact) mass is 238 g/mol. The lowest BCUT2D eigenvalue weighted by molar-refractivity contribution is 0.112. The maximum Gasteiger partial charge on any atom is 0.186 e. The molecule has 0 N–H and O–H groups in total. The Hall–Kier alpha value is -0.900. The number of rotatable bonds is 3. The van der Waals surface area contributed by atoms with E-state index in [1.807, 2.05) is 0 Å². The topological polar surface area (TPSA) is 33.2 Å². The summed E-state index contributed by atoms with van der Waals surface area (Å²) < 4.78 is 0. The SMILES string of the molecule is CC(C)c1nc(N2CCCC2C)sc1C=O. The fraction of sp³-hybridized carbons (Fsp3) is 0.667. The molecule has 1 saturated heterocycles. The van der Waals surface area contributed by atoms with E-state index in [4.69, 9.17) is 0 Å². The third-order valence-electron chi connectivity index (χ3n) is 3.12. The van der Waals surface area contributed by atoms with Gasteiger partial charge in [-0.2, -0.15) is 0 Å². The van der Waals surface area contributed by atoms with Crippen LogP contribution in [0, 0.1) is 0 Å². The molecule has 0 aromatic carbocycles. The predicted molar refractivity (Wildman–Crippen MR) is 67.6 cm³/mol. The molecule has 3 nitrogen and oxygen atoms in total. The minimum absolute atomic E-state index is 0.322. The fourth-order valence-corrected chi connectivity index (χ4v) is 3.33. The summed E-state index contributed by atoms with van der Waals surface area (Å²) in [5.41, 5.74) is 0.953. The van der Waals surface area contributed by atoms with Gasteiger partial charge in [0.2, 0.25) is 0 Å². The van der Waals surface area contributed by atoms with Crippen LogP contribution in [0.25, 0.3) is 0 Å². The molecular weight excluding hydrogens is 220 g/mol. The first-order valence-corrected chi connectivity index (χ1v) is 6.67. The molecule has 88 valence electrons. The highest BCUT2D eigenvalue weighted by Gasteiger charge is 2.25. The van der Waals surface area contributed by atoms with Crippen LogP contribution in [0.5, 0.6) is 0 Å². The summed E-state index contributed by atoms with van der Waals surface area (Å²) in [6.07, 6.45) is 3.40. The summed E-state index contributed by atoms with van der Waals surface area (Å²) in [4.78, 5) is 18.7. The van der Waals surface area contributed by atoms with Gasteiger partial charge in [-0.15, -0.1) is 0 Å². The van der Waals surface area contributed by atoms with Crippen molar-refractivity contribution in [2.75, 3.05) is 11.4 Å². The summed E-state index contributed by atoms with van der Waals surface area (Å²) in [6, 6.07) is 0.561. The standard InChI is InChI=1S/C12H18N2OS/c1-8(2)11-10(7-15)16-12(13-11)14-6-4-5-9(14)3/h7-9H,4-6H2,1-3H3. The molecule has 0 spiro atoms. The van der Waals surface area contributed by atoms with Crippen molar-refractivity contribution >= 4 is 22.8 Å². The Morgan fingerprint density at radius 2 is 2.31 bits per heavy atom. The highest BCUT2D eigenvalue weighted by atomic mass is 32.1. The van der Waals surface area contributed by atoms with Gasteiger partial charge in [0.05, 0.1) is 10.6 Å². The Labute approximate surface area is 100 Å². The predicted octanol–water partition coefficient (Wildman–Crippen LogP) is 3.07. The summed E-state index contributed by atoms with van der Waals surface area (Å²) in [5.74, 6) is 0.322. The van der Waals surface area contributed by atoms with Crippen LogP contribution in [0.4, 0.5) is 5.13 Å². The van der Waals surface area contributed by atoms with Crippen molar-refractivity contribution in [2.45, 2.75) is 45.6 Å². The van der Waals surface area contributed by atoms with Gasteiger partial charge in [0, 0.05) is 12.6 Å². The van der Waals surface area contributed by atoms with Crippen LogP contribution in [-0.4, -0.2) is 23.9 Å². The van der Waals surface area contributed by atoms with Gasteiger partial charge in [-0.3, -0.25) is 4.79 Å². The second kappa shape index (κ2) is 4.53. The molecule has 1 aliphatic rings. The molecule has 1 aromatic heterocycles. The number of nitrogens with zero attached hydrogens (tertiary/aromatic N) is 2. The first kappa shape index (κ1) is 11.6. The van der Waals surface area contributed by atoms with Crippen LogP contribution < -0.4 is 4.90 Å². The molecule has 0 aliphatic carbocycles. The Bertz CT molecular complexity index is 386. The summed E-state index contributed by atoms with van der Waals surface area (Å²) in [7, 11) is 0. The second-order valence-corrected chi connectivity index (χ2v) is 5.71. The number of anilines is 1. The zero-order valence-corrected chi connectivity index (χ0v) is 10.9. The third-order valence-corrected chi connectivity index (χ3v) is 4.16. The number of hydrogen-bond donors (Lipinski definition) is 0. The van der Waals surface area contributed by atoms with E-state index in [9.17, 15) is 4.79 Å². The smallest absolute Gasteiger partial charge is 0.186 e. The minimum atomic E-state index is 0.322. The molecule has 0 bridgehead atoms. The number of carbonyl (C=O) groups excluding carboxylic acids is 1. The molecule has 2 heterocycles. The van der Waals surface area contributed by atoms with Gasteiger partial charge in [0.1, 0.15) is 0 Å². The van der Waals surface area contributed by atoms with Crippen molar-refractivity contribution in [3.05, 3.63) is 10.6 Å². The molecule has 0 amide bonds. The van der Waals surface area contributed by atoms with Gasteiger partial charge in [0.25, 0.3) is 0 Å². The van der Waals surface area contributed by atoms with Crippen molar-refractivity contribution < 1.29 is 4.79 Å². The highest BCUT2D eigenvalue weighted by molar-refractivity contribution is 7.17. The lowest BCUT2D eigenvalue weighted by atomic mass is 10.1. The Kier molecular flexibility index (Phi) is 3.28. The van der Waals surface area contributed by atoms with E-state index in [0.717, 1.165) is 28.5 Å². The third kappa shape index (κ3) is 1.98. The van der Waals surface area contributed by atoms with Crippen LogP contribution in [0.2, 0.25) is 0 Å². The molecule has 4 heteroatoms. The van der Waals surface area contributed by atoms with E-state index in [2.05, 4.69) is 30.7 Å². The first-order chi connectivity index (χ1) is 7.63. The molecule has 1 atom stereocenters. The maximum absolute atomic E-state index is 11.0. The van der Waals surface area contributed by atoms with E-state index >= 15 is 0 Å². The number of hydrogen-bond acceptors (Lipinski definition) is 4. The minimum Gasteiger partial charge on any atom is -0.345 e. The van der Waals surface area contributed by atoms with Crippen molar-refractivity contribution in [3.8, 4) is 0 Å². The zero-order valence-electron chi connectivity index (χ0n) is 10.1. The van der Waals surface area contributed by atoms with E-state index in [1.165, 1.54) is 24.2 Å². The van der Waals surface area contributed by atoms with Crippen molar-refractivity contribution in [1.82, 2.24) is 4.98 Å². The fourth-order valence-electron chi connectivity index (χ4n) is 2.17. The molecule has 1 aliphatic heterocycles. The summed E-state index contributed by atoms with van der Waals surface area (Å²) in [5, 5.41) is 1.02. The maximum atomic E-state index is 11.0. The first-order valence-electron chi connectivity index (χ1n) is 5.86. The van der Waals surface area contributed by atoms with E-state index < -0.39 is 0 Å². The van der Waals surface area contributed by atoms with E-state index in [0.29, 0.717) is 12.0 Å².